The van der Waals surface area contributed by atoms with Crippen LogP contribution in [0.1, 0.15) is 162 Å². The molecule has 0 aliphatic heterocycles. The van der Waals surface area contributed by atoms with Crippen LogP contribution in [0, 0.1) is 0 Å². The predicted molar refractivity (Wildman–Crippen MR) is 163 cm³/mol. The van der Waals surface area contributed by atoms with Crippen LogP contribution in [0.2, 0.25) is 0 Å². The average Bonchev–Trinajstić information content (AvgIpc) is 2.88. The maximum Gasteiger partial charge on any atom is 0.246 e. The lowest BCUT2D eigenvalue weighted by atomic mass is 10.00. The number of carbonyl (C=O) groups is 1. The lowest BCUT2D eigenvalue weighted by Crippen LogP contribution is -2.41. The molecule has 0 saturated heterocycles. The Morgan fingerprint density at radius 2 is 1.19 bits per heavy atom. The molecule has 0 aromatic rings. The standard InChI is InChI=1S/C33H66N2O2/c1-6-9-12-15-17-19-21-24-28-32(27-23-14-11-8-3)35(33(36)29-26-30-34(4)5)37-31-25-22-20-18-16-13-10-7-2/h8,32H,3,6-7,9-31H2,1-2,4-5H3. The fraction of sp³-hybridized carbons (Fsp3) is 0.909. The van der Waals surface area contributed by atoms with Gasteiger partial charge in [-0.2, -0.15) is 0 Å². The van der Waals surface area contributed by atoms with Gasteiger partial charge in [0.2, 0.25) is 5.91 Å². The number of rotatable bonds is 29. The van der Waals surface area contributed by atoms with E-state index >= 15 is 0 Å². The third-order valence-electron chi connectivity index (χ3n) is 7.39. The Hall–Kier alpha value is -0.870. The molecule has 0 N–H and O–H groups in total. The first-order chi connectivity index (χ1) is 18.1. The summed E-state index contributed by atoms with van der Waals surface area (Å²) in [4.78, 5) is 21.8. The zero-order valence-corrected chi connectivity index (χ0v) is 25.8. The second-order valence-corrected chi connectivity index (χ2v) is 11.4. The van der Waals surface area contributed by atoms with Gasteiger partial charge in [-0.3, -0.25) is 9.63 Å². The minimum absolute atomic E-state index is 0.190. The molecular weight excluding hydrogens is 456 g/mol. The Labute approximate surface area is 232 Å². The molecule has 0 heterocycles. The van der Waals surface area contributed by atoms with Crippen molar-refractivity contribution in [2.24, 2.45) is 0 Å². The molecule has 0 spiro atoms. The summed E-state index contributed by atoms with van der Waals surface area (Å²) in [6.45, 7) is 10.0. The van der Waals surface area contributed by atoms with Crippen molar-refractivity contribution in [2.45, 2.75) is 168 Å². The highest BCUT2D eigenvalue weighted by Crippen LogP contribution is 2.21. The third kappa shape index (κ3) is 23.9. The van der Waals surface area contributed by atoms with Crippen LogP contribution >= 0.6 is 0 Å². The van der Waals surface area contributed by atoms with Gasteiger partial charge in [0.15, 0.2) is 0 Å². The normalized spacial score (nSPS) is 12.2. The minimum Gasteiger partial charge on any atom is -0.309 e. The number of amides is 1. The van der Waals surface area contributed by atoms with Crippen molar-refractivity contribution in [1.82, 2.24) is 9.96 Å². The van der Waals surface area contributed by atoms with Gasteiger partial charge < -0.3 is 4.90 Å². The van der Waals surface area contributed by atoms with Crippen LogP contribution in [0.3, 0.4) is 0 Å². The summed E-state index contributed by atoms with van der Waals surface area (Å²) >= 11 is 0. The largest absolute Gasteiger partial charge is 0.309 e. The van der Waals surface area contributed by atoms with Crippen LogP contribution in [0.25, 0.3) is 0 Å². The van der Waals surface area contributed by atoms with Gasteiger partial charge >= 0.3 is 0 Å². The van der Waals surface area contributed by atoms with E-state index in [0.29, 0.717) is 13.0 Å². The number of carbonyl (C=O) groups excluding carboxylic acids is 1. The zero-order valence-electron chi connectivity index (χ0n) is 25.8. The number of nitrogens with zero attached hydrogens (tertiary/aromatic N) is 2. The van der Waals surface area contributed by atoms with E-state index in [1.54, 1.807) is 0 Å². The van der Waals surface area contributed by atoms with Crippen LogP contribution in [-0.2, 0) is 9.63 Å². The second kappa shape index (κ2) is 28.1. The van der Waals surface area contributed by atoms with Crippen molar-refractivity contribution >= 4 is 5.91 Å². The van der Waals surface area contributed by atoms with Crippen molar-refractivity contribution in [1.29, 1.82) is 0 Å². The van der Waals surface area contributed by atoms with E-state index in [2.05, 4.69) is 39.4 Å². The molecule has 0 bridgehead atoms. The first kappa shape index (κ1) is 36.1. The van der Waals surface area contributed by atoms with Crippen LogP contribution in [0.15, 0.2) is 12.7 Å². The van der Waals surface area contributed by atoms with Gasteiger partial charge in [0.05, 0.1) is 12.6 Å². The molecule has 0 aliphatic rings. The van der Waals surface area contributed by atoms with Gasteiger partial charge in [-0.25, -0.2) is 5.06 Å². The van der Waals surface area contributed by atoms with Crippen LogP contribution < -0.4 is 0 Å². The van der Waals surface area contributed by atoms with E-state index in [0.717, 1.165) is 51.5 Å². The van der Waals surface area contributed by atoms with Crippen LogP contribution in [-0.4, -0.2) is 49.2 Å². The Balaban J connectivity index is 4.79. The highest BCUT2D eigenvalue weighted by atomic mass is 16.7. The number of hydrogen-bond acceptors (Lipinski definition) is 3. The topological polar surface area (TPSA) is 32.8 Å². The number of hydrogen-bond donors (Lipinski definition) is 0. The molecule has 1 unspecified atom stereocenters. The first-order valence-electron chi connectivity index (χ1n) is 16.3. The van der Waals surface area contributed by atoms with Crippen molar-refractivity contribution in [3.8, 4) is 0 Å². The molecule has 37 heavy (non-hydrogen) atoms. The molecular formula is C33H66N2O2. The number of allylic oxidation sites excluding steroid dienone is 1. The first-order valence-corrected chi connectivity index (χ1v) is 16.3. The maximum absolute atomic E-state index is 13.3. The third-order valence-corrected chi connectivity index (χ3v) is 7.39. The lowest BCUT2D eigenvalue weighted by Gasteiger charge is -2.31. The highest BCUT2D eigenvalue weighted by Gasteiger charge is 2.24. The molecule has 0 saturated carbocycles. The number of hydroxylamine groups is 2. The number of unbranched alkanes of at least 4 members (excludes halogenated alkanes) is 16. The summed E-state index contributed by atoms with van der Waals surface area (Å²) in [6, 6.07) is 0.214. The SMILES string of the molecule is C=CCCCCC(CCCCCCCCCC)N(OCCCCCCCCCC)C(=O)CCCN(C)C. The summed E-state index contributed by atoms with van der Waals surface area (Å²) in [7, 11) is 4.15. The molecule has 0 rings (SSSR count). The minimum atomic E-state index is 0.190. The average molecular weight is 523 g/mol. The Bertz CT molecular complexity index is 495. The second-order valence-electron chi connectivity index (χ2n) is 11.4. The Morgan fingerprint density at radius 1 is 0.703 bits per heavy atom. The van der Waals surface area contributed by atoms with E-state index in [1.807, 2.05) is 11.1 Å². The molecule has 0 fully saturated rings. The molecule has 1 amide bonds. The fourth-order valence-corrected chi connectivity index (χ4v) is 5.00. The Morgan fingerprint density at radius 3 is 1.70 bits per heavy atom. The summed E-state index contributed by atoms with van der Waals surface area (Å²) in [6.07, 6.45) is 29.8. The van der Waals surface area contributed by atoms with Gasteiger partial charge in [0, 0.05) is 6.42 Å². The van der Waals surface area contributed by atoms with Gasteiger partial charge in [-0.05, 0) is 59.2 Å². The van der Waals surface area contributed by atoms with Crippen molar-refractivity contribution < 1.29 is 9.63 Å². The maximum atomic E-state index is 13.3. The molecule has 1 atom stereocenters. The fourth-order valence-electron chi connectivity index (χ4n) is 5.00. The molecule has 4 nitrogen and oxygen atoms in total. The molecule has 220 valence electrons. The lowest BCUT2D eigenvalue weighted by molar-refractivity contribution is -0.203. The monoisotopic (exact) mass is 523 g/mol. The summed E-state index contributed by atoms with van der Waals surface area (Å²) in [5, 5.41) is 1.84. The summed E-state index contributed by atoms with van der Waals surface area (Å²) < 4.78 is 0. The van der Waals surface area contributed by atoms with E-state index in [1.165, 1.54) is 96.3 Å². The molecule has 0 radical (unpaired) electrons. The van der Waals surface area contributed by atoms with E-state index in [9.17, 15) is 4.79 Å². The van der Waals surface area contributed by atoms with E-state index in [4.69, 9.17) is 4.84 Å². The molecule has 0 aromatic carbocycles. The molecule has 0 aromatic heterocycles. The van der Waals surface area contributed by atoms with Crippen molar-refractivity contribution in [3.05, 3.63) is 12.7 Å². The van der Waals surface area contributed by atoms with Crippen LogP contribution in [0.5, 0.6) is 0 Å². The van der Waals surface area contributed by atoms with Crippen molar-refractivity contribution in [3.63, 3.8) is 0 Å². The van der Waals surface area contributed by atoms with E-state index < -0.39 is 0 Å². The Kier molecular flexibility index (Phi) is 27.5. The molecule has 0 aliphatic carbocycles. The van der Waals surface area contributed by atoms with Gasteiger partial charge in [0.1, 0.15) is 0 Å². The van der Waals surface area contributed by atoms with Crippen LogP contribution in [0.4, 0.5) is 0 Å². The summed E-state index contributed by atoms with van der Waals surface area (Å²) in [5.41, 5.74) is 0. The van der Waals surface area contributed by atoms with Gasteiger partial charge in [0.25, 0.3) is 0 Å². The van der Waals surface area contributed by atoms with Gasteiger partial charge in [-0.1, -0.05) is 123 Å². The predicted octanol–water partition coefficient (Wildman–Crippen LogP) is 9.87. The smallest absolute Gasteiger partial charge is 0.246 e. The highest BCUT2D eigenvalue weighted by molar-refractivity contribution is 5.75. The van der Waals surface area contributed by atoms with E-state index in [-0.39, 0.29) is 11.9 Å². The van der Waals surface area contributed by atoms with Crippen molar-refractivity contribution in [2.75, 3.05) is 27.2 Å². The quantitative estimate of drug-likeness (QED) is 0.0556. The zero-order chi connectivity index (χ0) is 27.4. The summed E-state index contributed by atoms with van der Waals surface area (Å²) in [5.74, 6) is 0.190. The molecule has 4 heteroatoms. The van der Waals surface area contributed by atoms with Gasteiger partial charge in [-0.15, -0.1) is 6.58 Å².